The molecule has 1 saturated heterocycles. The van der Waals surface area contributed by atoms with Crippen LogP contribution in [0.1, 0.15) is 38.8 Å². The van der Waals surface area contributed by atoms with Crippen LogP contribution in [0.2, 0.25) is 10.2 Å². The van der Waals surface area contributed by atoms with Gasteiger partial charge in [0.1, 0.15) is 5.15 Å². The van der Waals surface area contributed by atoms with E-state index in [1.54, 1.807) is 6.07 Å². The van der Waals surface area contributed by atoms with Gasteiger partial charge < -0.3 is 0 Å². The Hall–Kier alpha value is -0.310. The average molecular weight is 273 g/mol. The van der Waals surface area contributed by atoms with Gasteiger partial charge in [-0.3, -0.25) is 4.90 Å². The first-order chi connectivity index (χ1) is 8.08. The molecule has 0 aliphatic carbocycles. The number of likely N-dealkylation sites (tertiary alicyclic amines) is 1. The summed E-state index contributed by atoms with van der Waals surface area (Å²) in [6.45, 7) is 5.34. The predicted octanol–water partition coefficient (Wildman–Crippen LogP) is 4.15. The normalized spacial score (nSPS) is 26.1. The fraction of sp³-hybridized carbons (Fsp3) is 0.615. The molecular formula is C13H18Cl2N2. The van der Waals surface area contributed by atoms with E-state index < -0.39 is 0 Å². The quantitative estimate of drug-likeness (QED) is 0.752. The fourth-order valence-corrected chi connectivity index (χ4v) is 2.86. The van der Waals surface area contributed by atoms with Crippen molar-refractivity contribution in [3.63, 3.8) is 0 Å². The highest BCUT2D eigenvalue weighted by molar-refractivity contribution is 6.32. The van der Waals surface area contributed by atoms with E-state index in [1.165, 1.54) is 19.3 Å². The van der Waals surface area contributed by atoms with Crippen molar-refractivity contribution < 1.29 is 0 Å². The molecule has 2 rings (SSSR count). The Kier molecular flexibility index (Phi) is 4.29. The zero-order valence-corrected chi connectivity index (χ0v) is 11.8. The average Bonchev–Trinajstić information content (AvgIpc) is 2.28. The molecule has 17 heavy (non-hydrogen) atoms. The molecule has 0 bridgehead atoms. The van der Waals surface area contributed by atoms with E-state index in [2.05, 4.69) is 23.7 Å². The van der Waals surface area contributed by atoms with Gasteiger partial charge >= 0.3 is 0 Å². The van der Waals surface area contributed by atoms with Crippen LogP contribution in [0.3, 0.4) is 0 Å². The third kappa shape index (κ3) is 3.12. The summed E-state index contributed by atoms with van der Waals surface area (Å²) in [5.74, 6) is 0. The molecule has 2 unspecified atom stereocenters. The first kappa shape index (κ1) is 13.1. The van der Waals surface area contributed by atoms with Crippen LogP contribution in [0.4, 0.5) is 0 Å². The summed E-state index contributed by atoms with van der Waals surface area (Å²) in [6.07, 6.45) is 3.82. The largest absolute Gasteiger partial charge is 0.292 e. The monoisotopic (exact) mass is 272 g/mol. The van der Waals surface area contributed by atoms with Crippen LogP contribution in [0.25, 0.3) is 0 Å². The third-order valence-corrected chi connectivity index (χ3v) is 4.15. The molecule has 0 spiro atoms. The lowest BCUT2D eigenvalue weighted by atomic mass is 9.97. The first-order valence-corrected chi connectivity index (χ1v) is 6.90. The molecule has 2 nitrogen and oxygen atoms in total. The molecule has 0 N–H and O–H groups in total. The smallest absolute Gasteiger partial charge is 0.129 e. The molecule has 1 fully saturated rings. The number of piperidine rings is 1. The van der Waals surface area contributed by atoms with Crippen LogP contribution < -0.4 is 0 Å². The zero-order chi connectivity index (χ0) is 12.4. The molecule has 0 radical (unpaired) electrons. The maximum absolute atomic E-state index is 6.16. The van der Waals surface area contributed by atoms with Crippen molar-refractivity contribution in [2.45, 2.75) is 51.7 Å². The van der Waals surface area contributed by atoms with Crippen molar-refractivity contribution in [3.05, 3.63) is 28.0 Å². The summed E-state index contributed by atoms with van der Waals surface area (Å²) >= 11 is 12.1. The zero-order valence-electron chi connectivity index (χ0n) is 10.3. The molecule has 1 aliphatic rings. The van der Waals surface area contributed by atoms with E-state index in [1.807, 2.05) is 6.07 Å². The van der Waals surface area contributed by atoms with Gasteiger partial charge in [-0.15, -0.1) is 0 Å². The number of nitrogens with zero attached hydrogens (tertiary/aromatic N) is 2. The van der Waals surface area contributed by atoms with Gasteiger partial charge in [-0.25, -0.2) is 4.98 Å². The molecule has 2 heterocycles. The molecule has 0 amide bonds. The Balaban J connectivity index is 2.16. The molecule has 4 heteroatoms. The van der Waals surface area contributed by atoms with Gasteiger partial charge in [0.25, 0.3) is 0 Å². The van der Waals surface area contributed by atoms with E-state index >= 15 is 0 Å². The molecule has 2 atom stereocenters. The van der Waals surface area contributed by atoms with Crippen molar-refractivity contribution in [2.75, 3.05) is 0 Å². The first-order valence-electron chi connectivity index (χ1n) is 6.14. The summed E-state index contributed by atoms with van der Waals surface area (Å²) in [4.78, 5) is 6.79. The molecule has 1 aromatic heterocycles. The van der Waals surface area contributed by atoms with Crippen LogP contribution in [0, 0.1) is 0 Å². The highest BCUT2D eigenvalue weighted by atomic mass is 35.5. The van der Waals surface area contributed by atoms with Gasteiger partial charge in [-0.2, -0.15) is 0 Å². The summed E-state index contributed by atoms with van der Waals surface area (Å²) in [7, 11) is 0. The second kappa shape index (κ2) is 5.55. The Bertz CT molecular complexity index is 385. The van der Waals surface area contributed by atoms with Gasteiger partial charge in [-0.1, -0.05) is 29.6 Å². The van der Waals surface area contributed by atoms with Gasteiger partial charge in [0.15, 0.2) is 0 Å². The molecule has 94 valence electrons. The van der Waals surface area contributed by atoms with Gasteiger partial charge in [0.05, 0.1) is 10.7 Å². The Morgan fingerprint density at radius 1 is 1.24 bits per heavy atom. The van der Waals surface area contributed by atoms with Gasteiger partial charge in [0, 0.05) is 18.6 Å². The van der Waals surface area contributed by atoms with Gasteiger partial charge in [0.2, 0.25) is 0 Å². The number of hydrogen-bond donors (Lipinski definition) is 0. The predicted molar refractivity (Wildman–Crippen MR) is 72.6 cm³/mol. The molecule has 0 saturated carbocycles. The topological polar surface area (TPSA) is 16.1 Å². The SMILES string of the molecule is CC1CCCC(C)N1Cc1nc(Cl)ccc1Cl. The summed E-state index contributed by atoms with van der Waals surface area (Å²) < 4.78 is 0. The summed E-state index contributed by atoms with van der Waals surface area (Å²) in [6, 6.07) is 4.74. The van der Waals surface area contributed by atoms with E-state index in [9.17, 15) is 0 Å². The standard InChI is InChI=1S/C13H18Cl2N2/c1-9-4-3-5-10(2)17(9)8-12-11(14)6-7-13(15)16-12/h6-7,9-10H,3-5,8H2,1-2H3. The van der Waals surface area contributed by atoms with Crippen LogP contribution >= 0.6 is 23.2 Å². The van der Waals surface area contributed by atoms with Crippen molar-refractivity contribution >= 4 is 23.2 Å². The minimum atomic E-state index is 0.515. The lowest BCUT2D eigenvalue weighted by molar-refractivity contribution is 0.0939. The number of aromatic nitrogens is 1. The van der Waals surface area contributed by atoms with Gasteiger partial charge in [-0.05, 0) is 38.8 Å². The molecule has 1 aromatic rings. The van der Waals surface area contributed by atoms with E-state index in [-0.39, 0.29) is 0 Å². The molecule has 1 aliphatic heterocycles. The second-order valence-corrected chi connectivity index (χ2v) is 5.66. The fourth-order valence-electron chi connectivity index (χ4n) is 2.53. The van der Waals surface area contributed by atoms with Crippen molar-refractivity contribution in [3.8, 4) is 0 Å². The summed E-state index contributed by atoms with van der Waals surface area (Å²) in [5, 5.41) is 1.22. The molecular weight excluding hydrogens is 255 g/mol. The maximum atomic E-state index is 6.16. The number of pyridine rings is 1. The number of rotatable bonds is 2. The van der Waals surface area contributed by atoms with E-state index in [0.717, 1.165) is 12.2 Å². The summed E-state index contributed by atoms with van der Waals surface area (Å²) in [5.41, 5.74) is 0.889. The van der Waals surface area contributed by atoms with E-state index in [0.29, 0.717) is 22.3 Å². The third-order valence-electron chi connectivity index (χ3n) is 3.59. The Morgan fingerprint density at radius 2 is 1.88 bits per heavy atom. The van der Waals surface area contributed by atoms with Crippen LogP contribution in [0.15, 0.2) is 12.1 Å². The highest BCUT2D eigenvalue weighted by Crippen LogP contribution is 2.26. The lowest BCUT2D eigenvalue weighted by Crippen LogP contribution is -2.43. The Labute approximate surface area is 113 Å². The van der Waals surface area contributed by atoms with Crippen molar-refractivity contribution in [1.29, 1.82) is 0 Å². The highest BCUT2D eigenvalue weighted by Gasteiger charge is 2.25. The van der Waals surface area contributed by atoms with Crippen LogP contribution in [-0.4, -0.2) is 22.0 Å². The Morgan fingerprint density at radius 3 is 2.53 bits per heavy atom. The van der Waals surface area contributed by atoms with Crippen LogP contribution in [-0.2, 0) is 6.54 Å². The maximum Gasteiger partial charge on any atom is 0.129 e. The molecule has 0 aromatic carbocycles. The number of hydrogen-bond acceptors (Lipinski definition) is 2. The lowest BCUT2D eigenvalue weighted by Gasteiger charge is -2.38. The number of halogens is 2. The minimum absolute atomic E-state index is 0.515. The van der Waals surface area contributed by atoms with Crippen LogP contribution in [0.5, 0.6) is 0 Å². The van der Waals surface area contributed by atoms with Crippen molar-refractivity contribution in [2.24, 2.45) is 0 Å². The van der Waals surface area contributed by atoms with E-state index in [4.69, 9.17) is 23.2 Å². The van der Waals surface area contributed by atoms with Crippen molar-refractivity contribution in [1.82, 2.24) is 9.88 Å². The minimum Gasteiger partial charge on any atom is -0.292 e. The second-order valence-electron chi connectivity index (χ2n) is 4.86.